The van der Waals surface area contributed by atoms with Crippen LogP contribution in [0.1, 0.15) is 46.1 Å². The van der Waals surface area contributed by atoms with E-state index < -0.39 is 0 Å². The number of carbonyl (C=O) groups is 1. The number of carbonyl (C=O) groups excluding carboxylic acids is 1. The molecule has 2 aromatic heterocycles. The zero-order chi connectivity index (χ0) is 17.2. The fourth-order valence-electron chi connectivity index (χ4n) is 3.27. The Balaban J connectivity index is 1.47. The number of amides is 1. The molecule has 1 aromatic carbocycles. The molecule has 1 aliphatic rings. The number of fused-ring (bicyclic) bond motifs is 1. The second kappa shape index (κ2) is 6.98. The fourth-order valence-corrected chi connectivity index (χ4v) is 4.28. The number of rotatable bonds is 5. The Bertz CT molecular complexity index is 893. The Morgan fingerprint density at radius 3 is 3.04 bits per heavy atom. The Morgan fingerprint density at radius 2 is 2.24 bits per heavy atom. The van der Waals surface area contributed by atoms with Crippen LogP contribution in [0.25, 0.3) is 10.9 Å². The molecule has 1 aliphatic heterocycles. The van der Waals surface area contributed by atoms with E-state index in [9.17, 15) is 4.79 Å². The topological polar surface area (TPSA) is 56.2 Å². The van der Waals surface area contributed by atoms with Gasteiger partial charge in [0.2, 0.25) is 0 Å². The smallest absolute Gasteiger partial charge is 0.261 e. The summed E-state index contributed by atoms with van der Waals surface area (Å²) in [5.74, 6) is -0.0515. The lowest BCUT2D eigenvalue weighted by atomic mass is 10.2. The van der Waals surface area contributed by atoms with Gasteiger partial charge in [0.1, 0.15) is 0 Å². The van der Waals surface area contributed by atoms with E-state index in [1.165, 1.54) is 11.3 Å². The van der Waals surface area contributed by atoms with Gasteiger partial charge in [0.15, 0.2) is 0 Å². The summed E-state index contributed by atoms with van der Waals surface area (Å²) in [7, 11) is 0. The van der Waals surface area contributed by atoms with Crippen LogP contribution in [-0.4, -0.2) is 22.3 Å². The molecule has 25 heavy (non-hydrogen) atoms. The van der Waals surface area contributed by atoms with E-state index in [-0.39, 0.29) is 12.0 Å². The molecule has 0 unspecified atom stereocenters. The number of aromatic nitrogens is 2. The van der Waals surface area contributed by atoms with Crippen molar-refractivity contribution in [2.24, 2.45) is 0 Å². The molecule has 0 radical (unpaired) electrons. The van der Waals surface area contributed by atoms with Crippen LogP contribution in [0.2, 0.25) is 0 Å². The van der Waals surface area contributed by atoms with Crippen molar-refractivity contribution in [3.63, 3.8) is 0 Å². The number of hydrogen-bond donors (Lipinski definition) is 1. The van der Waals surface area contributed by atoms with Crippen molar-refractivity contribution in [3.8, 4) is 0 Å². The molecule has 5 nitrogen and oxygen atoms in total. The molecule has 0 aliphatic carbocycles. The molecule has 1 N–H and O–H groups in total. The van der Waals surface area contributed by atoms with Gasteiger partial charge in [0.05, 0.1) is 28.7 Å². The molecule has 0 saturated carbocycles. The summed E-state index contributed by atoms with van der Waals surface area (Å²) in [5, 5.41) is 8.72. The SMILES string of the molecule is CCn1nc(CNC(=O)c2ccc([C@@H]3CCCO3)s2)c2ccccc21. The first-order valence-corrected chi connectivity index (χ1v) is 9.52. The number of para-hydroxylation sites is 1. The lowest BCUT2D eigenvalue weighted by Crippen LogP contribution is -2.22. The average Bonchev–Trinajstić information content (AvgIpc) is 3.38. The molecule has 1 fully saturated rings. The van der Waals surface area contributed by atoms with Gasteiger partial charge in [0, 0.05) is 23.4 Å². The molecule has 3 heterocycles. The first-order valence-electron chi connectivity index (χ1n) is 8.70. The third kappa shape index (κ3) is 3.19. The van der Waals surface area contributed by atoms with E-state index in [2.05, 4.69) is 29.5 Å². The molecule has 0 bridgehead atoms. The standard InChI is InChI=1S/C19H21N3O2S/c1-2-22-15-7-4-3-6-13(15)14(21-22)12-20-19(23)18-10-9-17(25-18)16-8-5-11-24-16/h3-4,6-7,9-10,16H,2,5,8,11-12H2,1H3,(H,20,23)/t16-/m0/s1. The van der Waals surface area contributed by atoms with Crippen LogP contribution in [-0.2, 0) is 17.8 Å². The van der Waals surface area contributed by atoms with Crippen molar-refractivity contribution >= 4 is 28.1 Å². The second-order valence-electron chi connectivity index (χ2n) is 6.17. The van der Waals surface area contributed by atoms with Crippen molar-refractivity contribution in [1.82, 2.24) is 15.1 Å². The van der Waals surface area contributed by atoms with Gasteiger partial charge in [-0.25, -0.2) is 0 Å². The average molecular weight is 355 g/mol. The summed E-state index contributed by atoms with van der Waals surface area (Å²) >= 11 is 1.52. The highest BCUT2D eigenvalue weighted by Crippen LogP contribution is 2.33. The van der Waals surface area contributed by atoms with Crippen molar-refractivity contribution < 1.29 is 9.53 Å². The molecule has 1 atom stereocenters. The predicted molar refractivity (Wildman–Crippen MR) is 98.8 cm³/mol. The summed E-state index contributed by atoms with van der Waals surface area (Å²) < 4.78 is 7.66. The van der Waals surface area contributed by atoms with E-state index in [4.69, 9.17) is 4.74 Å². The molecule has 0 spiro atoms. The van der Waals surface area contributed by atoms with E-state index in [1.807, 2.05) is 28.9 Å². The molecule has 1 saturated heterocycles. The molecule has 3 aromatic rings. The number of aryl methyl sites for hydroxylation is 1. The number of hydrogen-bond acceptors (Lipinski definition) is 4. The van der Waals surface area contributed by atoms with Crippen molar-refractivity contribution in [1.29, 1.82) is 0 Å². The minimum absolute atomic E-state index is 0.0515. The van der Waals surface area contributed by atoms with Gasteiger partial charge in [-0.15, -0.1) is 11.3 Å². The Hall–Kier alpha value is -2.18. The Morgan fingerprint density at radius 1 is 1.36 bits per heavy atom. The molecular formula is C19H21N3O2S. The normalized spacial score (nSPS) is 17.2. The largest absolute Gasteiger partial charge is 0.373 e. The number of nitrogens with one attached hydrogen (secondary N) is 1. The van der Waals surface area contributed by atoms with E-state index in [1.54, 1.807) is 0 Å². The first kappa shape index (κ1) is 16.3. The Labute approximate surface area is 150 Å². The van der Waals surface area contributed by atoms with Gasteiger partial charge >= 0.3 is 0 Å². The van der Waals surface area contributed by atoms with Crippen LogP contribution in [0.4, 0.5) is 0 Å². The van der Waals surface area contributed by atoms with Gasteiger partial charge < -0.3 is 10.1 Å². The third-order valence-electron chi connectivity index (χ3n) is 4.55. The highest BCUT2D eigenvalue weighted by atomic mass is 32.1. The first-order chi connectivity index (χ1) is 12.3. The number of nitrogens with zero attached hydrogens (tertiary/aromatic N) is 2. The molecule has 4 rings (SSSR count). The predicted octanol–water partition coefficient (Wildman–Crippen LogP) is 3.90. The highest BCUT2D eigenvalue weighted by Gasteiger charge is 2.21. The summed E-state index contributed by atoms with van der Waals surface area (Å²) in [6, 6.07) is 12.0. The fraction of sp³-hybridized carbons (Fsp3) is 0.368. The minimum Gasteiger partial charge on any atom is -0.373 e. The van der Waals surface area contributed by atoms with Gasteiger partial charge in [0.25, 0.3) is 5.91 Å². The monoisotopic (exact) mass is 355 g/mol. The molecular weight excluding hydrogens is 334 g/mol. The van der Waals surface area contributed by atoms with Gasteiger partial charge in [-0.3, -0.25) is 9.48 Å². The maximum absolute atomic E-state index is 12.5. The quantitative estimate of drug-likeness (QED) is 0.755. The lowest BCUT2D eigenvalue weighted by molar-refractivity contribution is 0.0954. The van der Waals surface area contributed by atoms with Gasteiger partial charge in [-0.1, -0.05) is 18.2 Å². The zero-order valence-electron chi connectivity index (χ0n) is 14.2. The van der Waals surface area contributed by atoms with Crippen LogP contribution >= 0.6 is 11.3 Å². The number of thiophene rings is 1. The highest BCUT2D eigenvalue weighted by molar-refractivity contribution is 7.14. The summed E-state index contributed by atoms with van der Waals surface area (Å²) in [5.41, 5.74) is 2.01. The second-order valence-corrected chi connectivity index (χ2v) is 7.28. The van der Waals surface area contributed by atoms with Crippen molar-refractivity contribution in [3.05, 3.63) is 51.8 Å². The third-order valence-corrected chi connectivity index (χ3v) is 5.72. The van der Waals surface area contributed by atoms with Gasteiger partial charge in [-0.2, -0.15) is 5.10 Å². The number of ether oxygens (including phenoxy) is 1. The van der Waals surface area contributed by atoms with Crippen LogP contribution < -0.4 is 5.32 Å². The minimum atomic E-state index is -0.0515. The molecule has 130 valence electrons. The maximum Gasteiger partial charge on any atom is 0.261 e. The summed E-state index contributed by atoms with van der Waals surface area (Å²) in [6.07, 6.45) is 2.30. The van der Waals surface area contributed by atoms with Crippen LogP contribution in [0.3, 0.4) is 0 Å². The summed E-state index contributed by atoms with van der Waals surface area (Å²) in [6.45, 7) is 4.13. The zero-order valence-corrected chi connectivity index (χ0v) is 15.0. The van der Waals surface area contributed by atoms with Gasteiger partial charge in [-0.05, 0) is 38.0 Å². The molecule has 1 amide bonds. The number of benzene rings is 1. The summed E-state index contributed by atoms with van der Waals surface area (Å²) in [4.78, 5) is 14.4. The Kier molecular flexibility index (Phi) is 4.55. The van der Waals surface area contributed by atoms with E-state index in [0.717, 1.165) is 52.3 Å². The van der Waals surface area contributed by atoms with Crippen molar-refractivity contribution in [2.75, 3.05) is 6.61 Å². The maximum atomic E-state index is 12.5. The van der Waals surface area contributed by atoms with Crippen LogP contribution in [0, 0.1) is 0 Å². The van der Waals surface area contributed by atoms with E-state index >= 15 is 0 Å². The van der Waals surface area contributed by atoms with Crippen LogP contribution in [0.15, 0.2) is 36.4 Å². The van der Waals surface area contributed by atoms with Crippen molar-refractivity contribution in [2.45, 2.75) is 39.0 Å². The lowest BCUT2D eigenvalue weighted by Gasteiger charge is -2.05. The van der Waals surface area contributed by atoms with E-state index in [0.29, 0.717) is 6.54 Å². The molecule has 6 heteroatoms. The van der Waals surface area contributed by atoms with Crippen LogP contribution in [0.5, 0.6) is 0 Å².